The quantitative estimate of drug-likeness (QED) is 0.412. The summed E-state index contributed by atoms with van der Waals surface area (Å²) in [6, 6.07) is 10.9. The third kappa shape index (κ3) is 4.47. The minimum atomic E-state index is -0.884. The van der Waals surface area contributed by atoms with Gasteiger partial charge in [0, 0.05) is 5.56 Å². The van der Waals surface area contributed by atoms with Gasteiger partial charge in [0.05, 0.1) is 24.7 Å². The number of methoxy groups -OCH3 is 1. The van der Waals surface area contributed by atoms with E-state index in [9.17, 15) is 14.9 Å². The lowest BCUT2D eigenvalue weighted by molar-refractivity contribution is -0.386. The molecule has 0 radical (unpaired) electrons. The second-order valence-corrected chi connectivity index (χ2v) is 5.17. The maximum Gasteiger partial charge on any atom is 0.314 e. The number of benzene rings is 2. The van der Waals surface area contributed by atoms with Crippen LogP contribution in [0.3, 0.4) is 0 Å². The highest BCUT2D eigenvalue weighted by molar-refractivity contribution is 5.99. The second kappa shape index (κ2) is 8.14. The van der Waals surface area contributed by atoms with Gasteiger partial charge in [0.25, 0.3) is 0 Å². The van der Waals surface area contributed by atoms with Crippen LogP contribution >= 0.6 is 0 Å². The third-order valence-electron chi connectivity index (χ3n) is 3.49. The number of carbonyl (C=O) groups excluding carboxylic acids is 1. The maximum absolute atomic E-state index is 12.5. The van der Waals surface area contributed by atoms with E-state index in [1.165, 1.54) is 25.3 Å². The number of nitrogens with zero attached hydrogens (tertiary/aromatic N) is 1. The first-order valence-corrected chi connectivity index (χ1v) is 7.72. The van der Waals surface area contributed by atoms with E-state index in [2.05, 4.69) is 0 Å². The fourth-order valence-corrected chi connectivity index (χ4v) is 2.23. The average Bonchev–Trinajstić information content (AvgIpc) is 2.62. The van der Waals surface area contributed by atoms with E-state index >= 15 is 0 Å². The zero-order chi connectivity index (χ0) is 18.4. The van der Waals surface area contributed by atoms with E-state index in [1.807, 2.05) is 6.92 Å². The molecule has 0 saturated carbocycles. The Balaban J connectivity index is 2.17. The van der Waals surface area contributed by atoms with Crippen molar-refractivity contribution in [1.82, 2.24) is 0 Å². The number of hydrogen-bond donors (Lipinski definition) is 0. The van der Waals surface area contributed by atoms with Gasteiger partial charge in [-0.05, 0) is 50.2 Å². The molecule has 0 amide bonds. The molecule has 25 heavy (non-hydrogen) atoms. The van der Waals surface area contributed by atoms with Crippen molar-refractivity contribution in [3.8, 4) is 17.2 Å². The van der Waals surface area contributed by atoms with Gasteiger partial charge in [-0.2, -0.15) is 0 Å². The number of nitro groups is 1. The highest BCUT2D eigenvalue weighted by Crippen LogP contribution is 2.32. The van der Waals surface area contributed by atoms with Gasteiger partial charge < -0.3 is 14.2 Å². The highest BCUT2D eigenvalue weighted by atomic mass is 16.6. The zero-order valence-corrected chi connectivity index (χ0v) is 14.2. The van der Waals surface area contributed by atoms with Crippen molar-refractivity contribution in [2.45, 2.75) is 20.0 Å². The first kappa shape index (κ1) is 18.3. The van der Waals surface area contributed by atoms with Gasteiger partial charge in [0.1, 0.15) is 11.5 Å². The minimum Gasteiger partial charge on any atom is -0.496 e. The SMILES string of the molecule is CCOc1ccc(C(=O)[C@H](C)Oc2ccc(OC)cc2[N+](=O)[O-])cc1. The molecule has 0 N–H and O–H groups in total. The van der Waals surface area contributed by atoms with Crippen LogP contribution in [0.1, 0.15) is 24.2 Å². The number of ketones is 1. The lowest BCUT2D eigenvalue weighted by atomic mass is 10.1. The number of hydrogen-bond acceptors (Lipinski definition) is 6. The molecule has 7 nitrogen and oxygen atoms in total. The predicted octanol–water partition coefficient (Wildman–Crippen LogP) is 3.65. The lowest BCUT2D eigenvalue weighted by Gasteiger charge is -2.14. The Kier molecular flexibility index (Phi) is 5.94. The Morgan fingerprint density at radius 3 is 2.36 bits per heavy atom. The Morgan fingerprint density at radius 2 is 1.80 bits per heavy atom. The van der Waals surface area contributed by atoms with E-state index in [1.54, 1.807) is 31.2 Å². The van der Waals surface area contributed by atoms with Crippen molar-refractivity contribution < 1.29 is 23.9 Å². The standard InChI is InChI=1S/C18H19NO6/c1-4-24-14-7-5-13(6-8-14)18(20)12(2)25-17-10-9-15(23-3)11-16(17)19(21)22/h5-12H,4H2,1-3H3/t12-/m0/s1. The van der Waals surface area contributed by atoms with Crippen LogP contribution in [0.5, 0.6) is 17.2 Å². The maximum atomic E-state index is 12.5. The van der Waals surface area contributed by atoms with Crippen molar-refractivity contribution in [2.24, 2.45) is 0 Å². The molecule has 2 aromatic rings. The molecule has 0 aromatic heterocycles. The number of ether oxygens (including phenoxy) is 3. The van der Waals surface area contributed by atoms with Crippen LogP contribution in [0, 0.1) is 10.1 Å². The first-order chi connectivity index (χ1) is 12.0. The van der Waals surface area contributed by atoms with Gasteiger partial charge in [0.15, 0.2) is 11.9 Å². The fourth-order valence-electron chi connectivity index (χ4n) is 2.23. The summed E-state index contributed by atoms with van der Waals surface area (Å²) in [6.45, 7) is 3.96. The van der Waals surface area contributed by atoms with Crippen LogP contribution in [-0.2, 0) is 0 Å². The van der Waals surface area contributed by atoms with Crippen LogP contribution in [0.2, 0.25) is 0 Å². The van der Waals surface area contributed by atoms with Crippen molar-refractivity contribution >= 4 is 11.5 Å². The number of carbonyl (C=O) groups is 1. The Morgan fingerprint density at radius 1 is 1.16 bits per heavy atom. The molecule has 7 heteroatoms. The minimum absolute atomic E-state index is 0.0117. The lowest BCUT2D eigenvalue weighted by Crippen LogP contribution is -2.24. The van der Waals surface area contributed by atoms with E-state index in [-0.39, 0.29) is 17.2 Å². The molecule has 0 saturated heterocycles. The summed E-state index contributed by atoms with van der Waals surface area (Å²) in [5.41, 5.74) is 0.179. The van der Waals surface area contributed by atoms with Crippen LogP contribution in [-0.4, -0.2) is 30.5 Å². The molecule has 0 heterocycles. The predicted molar refractivity (Wildman–Crippen MR) is 91.7 cm³/mol. The molecule has 2 rings (SSSR count). The molecule has 0 bridgehead atoms. The summed E-state index contributed by atoms with van der Waals surface area (Å²) < 4.78 is 15.8. The molecule has 0 unspecified atom stereocenters. The topological polar surface area (TPSA) is 87.9 Å². The molecule has 132 valence electrons. The van der Waals surface area contributed by atoms with Crippen LogP contribution in [0.15, 0.2) is 42.5 Å². The molecular weight excluding hydrogens is 326 g/mol. The zero-order valence-electron chi connectivity index (χ0n) is 14.2. The van der Waals surface area contributed by atoms with E-state index < -0.39 is 11.0 Å². The Hall–Kier alpha value is -3.09. The van der Waals surface area contributed by atoms with Gasteiger partial charge in [-0.25, -0.2) is 0 Å². The molecule has 1 atom stereocenters. The van der Waals surface area contributed by atoms with Crippen LogP contribution in [0.25, 0.3) is 0 Å². The van der Waals surface area contributed by atoms with Crippen molar-refractivity contribution in [2.75, 3.05) is 13.7 Å². The normalized spacial score (nSPS) is 11.5. The van der Waals surface area contributed by atoms with Gasteiger partial charge >= 0.3 is 5.69 Å². The average molecular weight is 345 g/mol. The molecule has 0 spiro atoms. The smallest absolute Gasteiger partial charge is 0.314 e. The number of Topliss-reactive ketones (excluding diaryl/α,β-unsaturated/α-hetero) is 1. The summed E-state index contributed by atoms with van der Waals surface area (Å²) in [4.78, 5) is 23.1. The summed E-state index contributed by atoms with van der Waals surface area (Å²) in [5, 5.41) is 11.2. The molecule has 0 aliphatic heterocycles. The fraction of sp³-hybridized carbons (Fsp3) is 0.278. The molecule has 0 aliphatic rings. The van der Waals surface area contributed by atoms with Gasteiger partial charge in [-0.3, -0.25) is 14.9 Å². The van der Waals surface area contributed by atoms with Crippen molar-refractivity contribution in [3.63, 3.8) is 0 Å². The third-order valence-corrected chi connectivity index (χ3v) is 3.49. The van der Waals surface area contributed by atoms with E-state index in [0.717, 1.165) is 0 Å². The van der Waals surface area contributed by atoms with Crippen molar-refractivity contribution in [3.05, 3.63) is 58.1 Å². The first-order valence-electron chi connectivity index (χ1n) is 7.72. The summed E-state index contributed by atoms with van der Waals surface area (Å²) >= 11 is 0. The summed E-state index contributed by atoms with van der Waals surface area (Å²) in [6.07, 6.45) is -0.884. The Labute approximate surface area is 145 Å². The Bertz CT molecular complexity index is 757. The number of rotatable bonds is 8. The van der Waals surface area contributed by atoms with E-state index in [4.69, 9.17) is 14.2 Å². The summed E-state index contributed by atoms with van der Waals surface area (Å²) in [7, 11) is 1.41. The number of nitro benzene ring substituents is 1. The van der Waals surface area contributed by atoms with Crippen molar-refractivity contribution in [1.29, 1.82) is 0 Å². The van der Waals surface area contributed by atoms with Crippen LogP contribution in [0.4, 0.5) is 5.69 Å². The highest BCUT2D eigenvalue weighted by Gasteiger charge is 2.23. The van der Waals surface area contributed by atoms with Gasteiger partial charge in [-0.15, -0.1) is 0 Å². The largest absolute Gasteiger partial charge is 0.496 e. The second-order valence-electron chi connectivity index (χ2n) is 5.17. The molecular formula is C18H19NO6. The monoisotopic (exact) mass is 345 g/mol. The van der Waals surface area contributed by atoms with E-state index in [0.29, 0.717) is 23.7 Å². The van der Waals surface area contributed by atoms with Gasteiger partial charge in [-0.1, -0.05) is 0 Å². The molecule has 0 fully saturated rings. The van der Waals surface area contributed by atoms with Gasteiger partial charge in [0.2, 0.25) is 5.78 Å². The molecule has 2 aromatic carbocycles. The molecule has 0 aliphatic carbocycles. The van der Waals surface area contributed by atoms with Crippen LogP contribution < -0.4 is 14.2 Å². The summed E-state index contributed by atoms with van der Waals surface area (Å²) in [5.74, 6) is 0.730.